The van der Waals surface area contributed by atoms with Crippen LogP contribution in [0.3, 0.4) is 0 Å². The molecule has 8 aromatic carbocycles. The average molecular weight is 1170 g/mol. The third-order valence-electron chi connectivity index (χ3n) is 10.6. The number of hydrogen-bond donors (Lipinski definition) is 1. The fourth-order valence-electron chi connectivity index (χ4n) is 8.04. The van der Waals surface area contributed by atoms with Crippen molar-refractivity contribution in [3.63, 3.8) is 0 Å². The van der Waals surface area contributed by atoms with Gasteiger partial charge in [-0.2, -0.15) is 92.7 Å². The molecule has 0 saturated carbocycles. The van der Waals surface area contributed by atoms with Crippen molar-refractivity contribution in [2.75, 3.05) is 0 Å². The maximum atomic E-state index is 10.4. The van der Waals surface area contributed by atoms with Crippen molar-refractivity contribution in [3.8, 4) is 22.8 Å². The predicted molar refractivity (Wildman–Crippen MR) is 271 cm³/mol. The number of nitrogens with zero attached hydrogens (tertiary/aromatic N) is 9. The number of halogens is 6. The topological polar surface area (TPSA) is 112 Å². The van der Waals surface area contributed by atoms with E-state index < -0.39 is 12.4 Å². The number of benzene rings is 8. The maximum absolute atomic E-state index is 10.4. The van der Waals surface area contributed by atoms with E-state index in [0.29, 0.717) is 5.69 Å². The van der Waals surface area contributed by atoms with Gasteiger partial charge in [-0.15, -0.1) is 48.7 Å². The van der Waals surface area contributed by atoms with Crippen LogP contribution in [0.4, 0.5) is 26.3 Å². The van der Waals surface area contributed by atoms with Gasteiger partial charge in [-0.1, -0.05) is 113 Å². The zero-order valence-electron chi connectivity index (χ0n) is 40.9. The summed E-state index contributed by atoms with van der Waals surface area (Å²) in [5.74, 6) is 0.186. The maximum Gasteiger partial charge on any atom is 0.386 e. The number of aromatic hydroxyl groups is 1. The molecule has 379 valence electrons. The van der Waals surface area contributed by atoms with E-state index in [1.165, 1.54) is 10.4 Å². The van der Waals surface area contributed by atoms with Crippen LogP contribution in [0.2, 0.25) is 0 Å². The summed E-state index contributed by atoms with van der Waals surface area (Å²) in [4.78, 5) is 4.84. The van der Waals surface area contributed by atoms with Gasteiger partial charge in [0.15, 0.2) is 0 Å². The Kier molecular flexibility index (Phi) is 17.2. The molecule has 0 spiro atoms. The summed E-state index contributed by atoms with van der Waals surface area (Å²) >= 11 is 0. The van der Waals surface area contributed by atoms with Crippen molar-refractivity contribution in [3.05, 3.63) is 181 Å². The Morgan fingerprint density at radius 2 is 0.753 bits per heavy atom. The average Bonchev–Trinajstić information content (AvgIpc) is 4.07. The van der Waals surface area contributed by atoms with Crippen LogP contribution in [0.25, 0.3) is 71.7 Å². The molecule has 0 atom stereocenters. The minimum absolute atomic E-state index is 0. The minimum atomic E-state index is -4.00. The number of aromatic nitrogens is 9. The van der Waals surface area contributed by atoms with Crippen LogP contribution in [0.1, 0.15) is 60.5 Å². The molecule has 1 N–H and O–H groups in total. The zero-order chi connectivity index (χ0) is 51.8. The van der Waals surface area contributed by atoms with Crippen LogP contribution in [-0.2, 0) is 25.5 Å². The summed E-state index contributed by atoms with van der Waals surface area (Å²) in [7, 11) is 0. The Labute approximate surface area is 431 Å². The second kappa shape index (κ2) is 22.9. The molecule has 11 rings (SSSR count). The Bertz CT molecular complexity index is 3290. The van der Waals surface area contributed by atoms with Gasteiger partial charge in [0, 0.05) is 34.0 Å². The standard InChI is InChI=1S/C20H25N3O.2C16H10N3.2C2H3F3.Ir/c1-19(2,3)13-20(4,5)14-10-11-18(24)17(12-14)23-21-15-8-6-7-9-16(15)22-23;2*1-2-8-13-12(6-1)7-5-11-16(13)19-17-14-9-3-4-10-15(14)18-19;2*1-2(3,4)5;/h6-12,24H,13H2,1-5H3;2*1-10H;2*1H3;/q;2*-1;;;. The van der Waals surface area contributed by atoms with E-state index in [0.717, 1.165) is 72.4 Å². The van der Waals surface area contributed by atoms with E-state index in [9.17, 15) is 31.4 Å². The van der Waals surface area contributed by atoms with E-state index in [-0.39, 0.29) is 50.5 Å². The van der Waals surface area contributed by atoms with Gasteiger partial charge in [-0.25, -0.2) is 0 Å². The third kappa shape index (κ3) is 15.3. The van der Waals surface area contributed by atoms with E-state index in [1.54, 1.807) is 15.7 Å². The van der Waals surface area contributed by atoms with Crippen molar-refractivity contribution in [1.82, 2.24) is 45.0 Å². The van der Waals surface area contributed by atoms with Crippen LogP contribution in [0.5, 0.6) is 5.75 Å². The molecule has 0 saturated heterocycles. The Balaban J connectivity index is 0.000000163. The zero-order valence-corrected chi connectivity index (χ0v) is 43.3. The summed E-state index contributed by atoms with van der Waals surface area (Å²) < 4.78 is 62.1. The van der Waals surface area contributed by atoms with Crippen LogP contribution < -0.4 is 0 Å². The summed E-state index contributed by atoms with van der Waals surface area (Å²) in [6, 6.07) is 59.9. The summed E-state index contributed by atoms with van der Waals surface area (Å²) in [6.45, 7) is 11.6. The second-order valence-electron chi connectivity index (χ2n) is 18.6. The first-order valence-electron chi connectivity index (χ1n) is 22.7. The molecule has 0 fully saturated rings. The quantitative estimate of drug-likeness (QED) is 0.135. The summed E-state index contributed by atoms with van der Waals surface area (Å²) in [6.07, 6.45) is -6.96. The van der Waals surface area contributed by atoms with Gasteiger partial charge in [-0.3, -0.25) is 0 Å². The Morgan fingerprint density at radius 3 is 1.10 bits per heavy atom. The number of alkyl halides is 6. The van der Waals surface area contributed by atoms with E-state index >= 15 is 0 Å². The summed E-state index contributed by atoms with van der Waals surface area (Å²) in [5, 5.41) is 41.8. The molecule has 11 aromatic rings. The van der Waals surface area contributed by atoms with Crippen molar-refractivity contribution in [2.45, 2.75) is 72.7 Å². The fraction of sp³-hybridized carbons (Fsp3) is 0.214. The molecular formula is C56H51F6IrN9O-2. The molecule has 0 aliphatic heterocycles. The number of fused-ring (bicyclic) bond motifs is 5. The van der Waals surface area contributed by atoms with Gasteiger partial charge in [0.1, 0.15) is 44.5 Å². The number of phenols is 1. The van der Waals surface area contributed by atoms with Crippen LogP contribution in [0.15, 0.2) is 164 Å². The second-order valence-corrected chi connectivity index (χ2v) is 18.6. The summed E-state index contributed by atoms with van der Waals surface area (Å²) in [5.41, 5.74) is 8.97. The fourth-order valence-corrected chi connectivity index (χ4v) is 8.04. The molecule has 73 heavy (non-hydrogen) atoms. The molecule has 17 heteroatoms. The van der Waals surface area contributed by atoms with Gasteiger partial charge >= 0.3 is 12.4 Å². The van der Waals surface area contributed by atoms with Gasteiger partial charge < -0.3 is 5.11 Å². The number of phenolic OH excluding ortho intramolecular Hbond substituents is 1. The molecule has 0 amide bonds. The Morgan fingerprint density at radius 1 is 0.438 bits per heavy atom. The van der Waals surface area contributed by atoms with Crippen molar-refractivity contribution in [1.29, 1.82) is 0 Å². The smallest absolute Gasteiger partial charge is 0.386 e. The molecule has 3 heterocycles. The van der Waals surface area contributed by atoms with Crippen molar-refractivity contribution >= 4 is 54.6 Å². The van der Waals surface area contributed by atoms with E-state index in [4.69, 9.17) is 0 Å². The van der Waals surface area contributed by atoms with Gasteiger partial charge in [0.25, 0.3) is 0 Å². The first-order valence-corrected chi connectivity index (χ1v) is 22.7. The van der Waals surface area contributed by atoms with Crippen molar-refractivity contribution < 1.29 is 51.6 Å². The third-order valence-corrected chi connectivity index (χ3v) is 10.6. The molecular weight excluding hydrogens is 1120 g/mol. The van der Waals surface area contributed by atoms with Gasteiger partial charge in [-0.05, 0) is 82.7 Å². The first-order chi connectivity index (χ1) is 34.0. The molecule has 0 aliphatic rings. The SMILES string of the molecule is CC(C)(C)CC(C)(C)c1ccc(O)c(-n2nc3ccccc3n2)c1.CC(F)(F)F.CC(F)(F)F.[Ir].[c-]1ccc2ccccc2c1-n1nc2ccccc2n1.[c-]1ccc2ccccc2c1-n1nc2ccccc2n1. The van der Waals surface area contributed by atoms with Gasteiger partial charge in [0.05, 0.1) is 0 Å². The minimum Gasteiger partial charge on any atom is -0.506 e. The number of rotatable bonds is 5. The van der Waals surface area contributed by atoms with E-state index in [1.807, 2.05) is 133 Å². The molecule has 0 unspecified atom stereocenters. The normalized spacial score (nSPS) is 11.6. The van der Waals surface area contributed by atoms with Crippen molar-refractivity contribution in [2.24, 2.45) is 5.41 Å². The van der Waals surface area contributed by atoms with Crippen LogP contribution >= 0.6 is 0 Å². The van der Waals surface area contributed by atoms with Gasteiger partial charge in [0.2, 0.25) is 0 Å². The largest absolute Gasteiger partial charge is 0.506 e. The molecule has 1 radical (unpaired) electrons. The molecule has 0 aliphatic carbocycles. The van der Waals surface area contributed by atoms with E-state index in [2.05, 4.69) is 102 Å². The molecule has 0 bridgehead atoms. The van der Waals surface area contributed by atoms with Crippen LogP contribution in [-0.4, -0.2) is 62.4 Å². The molecule has 3 aromatic heterocycles. The predicted octanol–water partition coefficient (Wildman–Crippen LogP) is 14.7. The number of hydrogen-bond acceptors (Lipinski definition) is 7. The first kappa shape index (κ1) is 54.8. The Hall–Kier alpha value is -7.49. The monoisotopic (exact) mass is 1170 g/mol. The molecule has 10 nitrogen and oxygen atoms in total. The van der Waals surface area contributed by atoms with Crippen LogP contribution in [0, 0.1) is 17.5 Å².